The van der Waals surface area contributed by atoms with Crippen molar-refractivity contribution in [2.75, 3.05) is 24.3 Å². The Morgan fingerprint density at radius 2 is 2.16 bits per heavy atom. The number of nitrogens with one attached hydrogen (secondary N) is 1. The summed E-state index contributed by atoms with van der Waals surface area (Å²) in [5, 5.41) is 3.54. The van der Waals surface area contributed by atoms with E-state index < -0.39 is 10.8 Å². The highest BCUT2D eigenvalue weighted by molar-refractivity contribution is 7.99. The van der Waals surface area contributed by atoms with Crippen LogP contribution in [0.3, 0.4) is 0 Å². The Bertz CT molecular complexity index is 440. The van der Waals surface area contributed by atoms with E-state index in [0.717, 1.165) is 16.3 Å². The van der Waals surface area contributed by atoms with E-state index in [4.69, 9.17) is 11.6 Å². The second-order valence-corrected chi connectivity index (χ2v) is 7.11. The summed E-state index contributed by atoms with van der Waals surface area (Å²) in [4.78, 5) is 12.5. The van der Waals surface area contributed by atoms with E-state index in [2.05, 4.69) is 5.32 Å². The number of thioether (sulfide) groups is 1. The molecule has 0 aliphatic carbocycles. The molecule has 3 nitrogen and oxygen atoms in total. The van der Waals surface area contributed by atoms with Gasteiger partial charge in [-0.25, -0.2) is 0 Å². The maximum Gasteiger partial charge on any atom is 0.220 e. The average Bonchev–Trinajstić information content (AvgIpc) is 2.37. The first-order valence-electron chi connectivity index (χ1n) is 6.03. The number of hydrogen-bond acceptors (Lipinski definition) is 3. The Morgan fingerprint density at radius 3 is 2.84 bits per heavy atom. The quantitative estimate of drug-likeness (QED) is 0.592. The molecule has 0 saturated heterocycles. The second kappa shape index (κ2) is 9.39. The van der Waals surface area contributed by atoms with Gasteiger partial charge in [-0.2, -0.15) is 0 Å². The van der Waals surface area contributed by atoms with Crippen LogP contribution >= 0.6 is 23.4 Å². The molecule has 1 rings (SSSR count). The smallest absolute Gasteiger partial charge is 0.220 e. The van der Waals surface area contributed by atoms with Crippen LogP contribution in [-0.2, 0) is 15.6 Å². The molecule has 106 valence electrons. The summed E-state index contributed by atoms with van der Waals surface area (Å²) in [6.45, 7) is 0.592. The Morgan fingerprint density at radius 1 is 1.42 bits per heavy atom. The molecule has 0 bridgehead atoms. The average molecular weight is 320 g/mol. The molecular formula is C13H18ClNO2S2. The summed E-state index contributed by atoms with van der Waals surface area (Å²) < 4.78 is 10.8. The van der Waals surface area contributed by atoms with Gasteiger partial charge in [-0.1, -0.05) is 23.7 Å². The topological polar surface area (TPSA) is 46.2 Å². The van der Waals surface area contributed by atoms with Crippen LogP contribution in [0.25, 0.3) is 0 Å². The van der Waals surface area contributed by atoms with E-state index >= 15 is 0 Å². The maximum absolute atomic E-state index is 11.5. The Balaban J connectivity index is 2.14. The van der Waals surface area contributed by atoms with E-state index in [1.807, 2.05) is 24.3 Å². The lowest BCUT2D eigenvalue weighted by atomic mass is 10.4. The Hall–Kier alpha value is -0.520. The van der Waals surface area contributed by atoms with Gasteiger partial charge in [-0.15, -0.1) is 11.8 Å². The zero-order valence-electron chi connectivity index (χ0n) is 10.9. The number of carbonyl (C=O) groups excluding carboxylic acids is 1. The molecule has 0 saturated carbocycles. The monoisotopic (exact) mass is 319 g/mol. The highest BCUT2D eigenvalue weighted by atomic mass is 35.5. The SMILES string of the molecule is CS(=O)CCCNC(=O)CCSc1ccccc1Cl. The molecular weight excluding hydrogens is 302 g/mol. The van der Waals surface area contributed by atoms with Crippen molar-refractivity contribution in [3.63, 3.8) is 0 Å². The first-order valence-corrected chi connectivity index (χ1v) is 9.12. The lowest BCUT2D eigenvalue weighted by molar-refractivity contribution is -0.120. The van der Waals surface area contributed by atoms with Crippen LogP contribution in [0, 0.1) is 0 Å². The van der Waals surface area contributed by atoms with Crippen LogP contribution in [0.1, 0.15) is 12.8 Å². The molecule has 1 unspecified atom stereocenters. The summed E-state index contributed by atoms with van der Waals surface area (Å²) in [7, 11) is -0.783. The van der Waals surface area contributed by atoms with Crippen molar-refractivity contribution < 1.29 is 9.00 Å². The molecule has 1 aromatic rings. The van der Waals surface area contributed by atoms with E-state index in [0.29, 0.717) is 24.5 Å². The predicted molar refractivity (Wildman–Crippen MR) is 83.4 cm³/mol. The maximum atomic E-state index is 11.5. The van der Waals surface area contributed by atoms with Crippen molar-refractivity contribution in [1.29, 1.82) is 0 Å². The minimum Gasteiger partial charge on any atom is -0.356 e. The van der Waals surface area contributed by atoms with Crippen LogP contribution < -0.4 is 5.32 Å². The fourth-order valence-corrected chi connectivity index (χ4v) is 3.15. The molecule has 0 heterocycles. The fraction of sp³-hybridized carbons (Fsp3) is 0.462. The van der Waals surface area contributed by atoms with Gasteiger partial charge < -0.3 is 5.32 Å². The Kier molecular flexibility index (Phi) is 8.18. The summed E-state index contributed by atoms with van der Waals surface area (Å²) >= 11 is 7.60. The minimum absolute atomic E-state index is 0.0291. The number of rotatable bonds is 8. The number of benzene rings is 1. The highest BCUT2D eigenvalue weighted by Crippen LogP contribution is 2.26. The van der Waals surface area contributed by atoms with Gasteiger partial charge >= 0.3 is 0 Å². The van der Waals surface area contributed by atoms with Crippen LogP contribution in [-0.4, -0.2) is 34.4 Å². The van der Waals surface area contributed by atoms with Crippen LogP contribution in [0.2, 0.25) is 5.02 Å². The van der Waals surface area contributed by atoms with E-state index in [9.17, 15) is 9.00 Å². The predicted octanol–water partition coefficient (Wildman–Crippen LogP) is 2.71. The summed E-state index contributed by atoms with van der Waals surface area (Å²) in [6, 6.07) is 7.60. The third kappa shape index (κ3) is 7.60. The number of hydrogen-bond donors (Lipinski definition) is 1. The van der Waals surface area contributed by atoms with Crippen LogP contribution in [0.15, 0.2) is 29.2 Å². The van der Waals surface area contributed by atoms with Gasteiger partial charge in [0.05, 0.1) is 5.02 Å². The Labute approximate surface area is 125 Å². The zero-order valence-corrected chi connectivity index (χ0v) is 13.2. The van der Waals surface area contributed by atoms with Gasteiger partial charge in [0.2, 0.25) is 5.91 Å². The second-order valence-electron chi connectivity index (χ2n) is 4.01. The molecule has 0 spiro atoms. The highest BCUT2D eigenvalue weighted by Gasteiger charge is 2.03. The van der Waals surface area contributed by atoms with Crippen LogP contribution in [0.4, 0.5) is 0 Å². The van der Waals surface area contributed by atoms with Crippen LogP contribution in [0.5, 0.6) is 0 Å². The molecule has 0 aliphatic rings. The van der Waals surface area contributed by atoms with Gasteiger partial charge in [-0.05, 0) is 18.6 Å². The van der Waals surface area contributed by atoms with Crippen molar-refractivity contribution in [3.05, 3.63) is 29.3 Å². The molecule has 1 amide bonds. The fourth-order valence-electron chi connectivity index (χ4n) is 1.41. The molecule has 0 fully saturated rings. The van der Waals surface area contributed by atoms with Gasteiger partial charge in [0.1, 0.15) is 0 Å². The normalized spacial score (nSPS) is 12.1. The van der Waals surface area contributed by atoms with Crippen molar-refractivity contribution in [3.8, 4) is 0 Å². The largest absolute Gasteiger partial charge is 0.356 e. The number of amides is 1. The first-order chi connectivity index (χ1) is 9.09. The van der Waals surface area contributed by atoms with Gasteiger partial charge in [0.15, 0.2) is 0 Å². The number of halogens is 1. The molecule has 0 aromatic heterocycles. The summed E-state index contributed by atoms with van der Waals surface area (Å²) in [6.07, 6.45) is 2.89. The summed E-state index contributed by atoms with van der Waals surface area (Å²) in [5.41, 5.74) is 0. The molecule has 0 aliphatic heterocycles. The lowest BCUT2D eigenvalue weighted by Gasteiger charge is -2.05. The third-order valence-corrected chi connectivity index (χ3v) is 4.73. The standard InChI is InChI=1S/C13H18ClNO2S2/c1-19(17)10-4-8-15-13(16)7-9-18-12-6-3-2-5-11(12)14/h2-3,5-6H,4,7-10H2,1H3,(H,15,16). The van der Waals surface area contributed by atoms with Crippen molar-refractivity contribution in [2.45, 2.75) is 17.7 Å². The van der Waals surface area contributed by atoms with E-state index in [-0.39, 0.29) is 5.91 Å². The minimum atomic E-state index is -0.783. The summed E-state index contributed by atoms with van der Waals surface area (Å²) in [5.74, 6) is 1.37. The first kappa shape index (κ1) is 16.5. The molecule has 19 heavy (non-hydrogen) atoms. The van der Waals surface area contributed by atoms with Crippen molar-refractivity contribution in [1.82, 2.24) is 5.32 Å². The molecule has 6 heteroatoms. The lowest BCUT2D eigenvalue weighted by Crippen LogP contribution is -2.25. The molecule has 1 N–H and O–H groups in total. The van der Waals surface area contributed by atoms with E-state index in [1.165, 1.54) is 0 Å². The molecule has 1 atom stereocenters. The van der Waals surface area contributed by atoms with Gasteiger partial charge in [-0.3, -0.25) is 9.00 Å². The van der Waals surface area contributed by atoms with Gasteiger partial charge in [0.25, 0.3) is 0 Å². The zero-order chi connectivity index (χ0) is 14.1. The third-order valence-electron chi connectivity index (χ3n) is 2.35. The number of carbonyl (C=O) groups is 1. The molecule has 0 radical (unpaired) electrons. The van der Waals surface area contributed by atoms with Crippen molar-refractivity contribution in [2.24, 2.45) is 0 Å². The van der Waals surface area contributed by atoms with E-state index in [1.54, 1.807) is 18.0 Å². The van der Waals surface area contributed by atoms with Gasteiger partial charge in [0, 0.05) is 46.4 Å². The molecule has 1 aromatic carbocycles. The van der Waals surface area contributed by atoms with Crippen molar-refractivity contribution >= 4 is 40.1 Å².